The smallest absolute Gasteiger partial charge is 0.337 e. The number of anilines is 3. The van der Waals surface area contributed by atoms with E-state index in [1.165, 1.54) is 13.3 Å². The number of esters is 1. The summed E-state index contributed by atoms with van der Waals surface area (Å²) in [6, 6.07) is 19.7. The Morgan fingerprint density at radius 2 is 1.59 bits per heavy atom. The van der Waals surface area contributed by atoms with Gasteiger partial charge in [-0.2, -0.15) is 0 Å². The van der Waals surface area contributed by atoms with Gasteiger partial charge in [0.25, 0.3) is 5.91 Å². The lowest BCUT2D eigenvalue weighted by Gasteiger charge is -2.17. The second-order valence-electron chi connectivity index (χ2n) is 5.83. The maximum Gasteiger partial charge on any atom is 0.337 e. The molecule has 1 N–H and O–H groups in total. The van der Waals surface area contributed by atoms with Gasteiger partial charge in [-0.05, 0) is 48.5 Å². The number of para-hydroxylation sites is 1. The molecule has 6 heteroatoms. The molecule has 0 fully saturated rings. The zero-order valence-corrected chi connectivity index (χ0v) is 15.0. The summed E-state index contributed by atoms with van der Waals surface area (Å²) in [5.41, 5.74) is 2.56. The number of pyridine rings is 1. The van der Waals surface area contributed by atoms with Crippen molar-refractivity contribution in [3.63, 3.8) is 0 Å². The average molecular weight is 361 g/mol. The minimum Gasteiger partial charge on any atom is -0.465 e. The monoisotopic (exact) mass is 361 g/mol. The molecular formula is C21H19N3O3. The molecule has 136 valence electrons. The topological polar surface area (TPSA) is 71.5 Å². The van der Waals surface area contributed by atoms with Gasteiger partial charge in [0.05, 0.1) is 18.2 Å². The quantitative estimate of drug-likeness (QED) is 0.698. The molecule has 1 aromatic heterocycles. The van der Waals surface area contributed by atoms with Crippen molar-refractivity contribution < 1.29 is 14.3 Å². The van der Waals surface area contributed by atoms with Crippen LogP contribution in [0.5, 0.6) is 0 Å². The van der Waals surface area contributed by atoms with Crippen LogP contribution in [0.1, 0.15) is 20.7 Å². The van der Waals surface area contributed by atoms with Gasteiger partial charge >= 0.3 is 5.97 Å². The molecule has 2 aromatic carbocycles. The normalized spacial score (nSPS) is 10.1. The zero-order valence-electron chi connectivity index (χ0n) is 15.0. The van der Waals surface area contributed by atoms with E-state index in [1.807, 2.05) is 30.3 Å². The lowest BCUT2D eigenvalue weighted by molar-refractivity contribution is 0.0600. The molecule has 0 atom stereocenters. The number of aromatic nitrogens is 1. The van der Waals surface area contributed by atoms with Gasteiger partial charge in [0.1, 0.15) is 5.82 Å². The molecule has 3 aromatic rings. The van der Waals surface area contributed by atoms with E-state index in [0.29, 0.717) is 16.9 Å². The standard InChI is InChI=1S/C21H19N3O3/c1-24(18-6-4-3-5-7-18)20(25)16-10-13-19(22-14-16)23-17-11-8-15(9-12-17)21(26)27-2/h3-14H,1-2H3,(H,22,23). The lowest BCUT2D eigenvalue weighted by Crippen LogP contribution is -2.26. The van der Waals surface area contributed by atoms with Crippen LogP contribution in [0.15, 0.2) is 72.9 Å². The lowest BCUT2D eigenvalue weighted by atomic mass is 10.2. The van der Waals surface area contributed by atoms with E-state index < -0.39 is 0 Å². The fourth-order valence-corrected chi connectivity index (χ4v) is 2.51. The third-order valence-electron chi connectivity index (χ3n) is 4.04. The minimum absolute atomic E-state index is 0.136. The maximum atomic E-state index is 12.6. The van der Waals surface area contributed by atoms with E-state index >= 15 is 0 Å². The number of hydrogen-bond donors (Lipinski definition) is 1. The van der Waals surface area contributed by atoms with E-state index in [-0.39, 0.29) is 11.9 Å². The molecule has 0 saturated heterocycles. The first kappa shape index (κ1) is 18.1. The Balaban J connectivity index is 1.68. The van der Waals surface area contributed by atoms with Gasteiger partial charge in [-0.1, -0.05) is 18.2 Å². The van der Waals surface area contributed by atoms with E-state index in [2.05, 4.69) is 15.0 Å². The predicted molar refractivity (Wildman–Crippen MR) is 104 cm³/mol. The van der Waals surface area contributed by atoms with Crippen molar-refractivity contribution in [2.24, 2.45) is 0 Å². The largest absolute Gasteiger partial charge is 0.465 e. The van der Waals surface area contributed by atoms with Crippen molar-refractivity contribution in [1.29, 1.82) is 0 Å². The Morgan fingerprint density at radius 3 is 2.19 bits per heavy atom. The molecule has 1 heterocycles. The highest BCUT2D eigenvalue weighted by molar-refractivity contribution is 6.05. The van der Waals surface area contributed by atoms with Gasteiger partial charge in [-0.25, -0.2) is 9.78 Å². The van der Waals surface area contributed by atoms with Crippen LogP contribution in [0.4, 0.5) is 17.2 Å². The third kappa shape index (κ3) is 4.30. The van der Waals surface area contributed by atoms with Gasteiger partial charge in [0.15, 0.2) is 0 Å². The number of nitrogens with one attached hydrogen (secondary N) is 1. The summed E-state index contributed by atoms with van der Waals surface area (Å²) in [5.74, 6) is 0.0764. The summed E-state index contributed by atoms with van der Waals surface area (Å²) >= 11 is 0. The highest BCUT2D eigenvalue weighted by Crippen LogP contribution is 2.18. The molecule has 6 nitrogen and oxygen atoms in total. The Hall–Kier alpha value is -3.67. The molecule has 27 heavy (non-hydrogen) atoms. The van der Waals surface area contributed by atoms with Crippen molar-refractivity contribution in [1.82, 2.24) is 4.98 Å². The maximum absolute atomic E-state index is 12.6. The van der Waals surface area contributed by atoms with Crippen LogP contribution in [0.3, 0.4) is 0 Å². The number of carbonyl (C=O) groups excluding carboxylic acids is 2. The number of rotatable bonds is 5. The fraction of sp³-hybridized carbons (Fsp3) is 0.0952. The molecule has 0 aliphatic carbocycles. The summed E-state index contributed by atoms with van der Waals surface area (Å²) in [4.78, 5) is 29.9. The first-order chi connectivity index (χ1) is 13.1. The molecule has 1 amide bonds. The van der Waals surface area contributed by atoms with E-state index in [9.17, 15) is 9.59 Å². The van der Waals surface area contributed by atoms with Gasteiger partial charge < -0.3 is 15.0 Å². The summed E-state index contributed by atoms with van der Waals surface area (Å²) in [6.45, 7) is 0. The summed E-state index contributed by atoms with van der Waals surface area (Å²) < 4.78 is 4.67. The van der Waals surface area contributed by atoms with Crippen molar-refractivity contribution >= 4 is 29.1 Å². The molecule has 0 radical (unpaired) electrons. The van der Waals surface area contributed by atoms with Gasteiger partial charge in [-0.3, -0.25) is 4.79 Å². The Kier molecular flexibility index (Phi) is 5.47. The second-order valence-corrected chi connectivity index (χ2v) is 5.83. The van der Waals surface area contributed by atoms with Crippen molar-refractivity contribution in [2.75, 3.05) is 24.4 Å². The van der Waals surface area contributed by atoms with Crippen LogP contribution >= 0.6 is 0 Å². The molecule has 0 saturated carbocycles. The molecule has 0 bridgehead atoms. The zero-order chi connectivity index (χ0) is 19.2. The highest BCUT2D eigenvalue weighted by Gasteiger charge is 2.13. The van der Waals surface area contributed by atoms with Gasteiger partial charge in [-0.15, -0.1) is 0 Å². The number of carbonyl (C=O) groups is 2. The number of amides is 1. The number of methoxy groups -OCH3 is 1. The SMILES string of the molecule is COC(=O)c1ccc(Nc2ccc(C(=O)N(C)c3ccccc3)cn2)cc1. The fourth-order valence-electron chi connectivity index (χ4n) is 2.51. The van der Waals surface area contributed by atoms with Gasteiger partial charge in [0.2, 0.25) is 0 Å². The molecular weight excluding hydrogens is 342 g/mol. The number of hydrogen-bond acceptors (Lipinski definition) is 5. The number of nitrogens with zero attached hydrogens (tertiary/aromatic N) is 2. The predicted octanol–water partition coefficient (Wildman–Crippen LogP) is 3.89. The summed E-state index contributed by atoms with van der Waals surface area (Å²) in [5, 5.41) is 3.13. The molecule has 0 unspecified atom stereocenters. The van der Waals surface area contributed by atoms with Crippen LogP contribution < -0.4 is 10.2 Å². The summed E-state index contributed by atoms with van der Waals surface area (Å²) in [7, 11) is 3.07. The Labute approximate surface area is 157 Å². The Morgan fingerprint density at radius 1 is 0.926 bits per heavy atom. The van der Waals surface area contributed by atoms with Crippen LogP contribution in [0.25, 0.3) is 0 Å². The Bertz CT molecular complexity index is 923. The molecule has 3 rings (SSSR count). The first-order valence-corrected chi connectivity index (χ1v) is 8.33. The molecule has 0 aliphatic rings. The summed E-state index contributed by atoms with van der Waals surface area (Å²) in [6.07, 6.45) is 1.53. The molecule has 0 aliphatic heterocycles. The first-order valence-electron chi connectivity index (χ1n) is 8.33. The third-order valence-corrected chi connectivity index (χ3v) is 4.04. The van der Waals surface area contributed by atoms with Crippen LogP contribution in [0, 0.1) is 0 Å². The molecule has 0 spiro atoms. The van der Waals surface area contributed by atoms with Crippen molar-refractivity contribution in [3.8, 4) is 0 Å². The van der Waals surface area contributed by atoms with Crippen molar-refractivity contribution in [2.45, 2.75) is 0 Å². The number of ether oxygens (including phenoxy) is 1. The highest BCUT2D eigenvalue weighted by atomic mass is 16.5. The van der Waals surface area contributed by atoms with Crippen LogP contribution in [-0.2, 0) is 4.74 Å². The van der Waals surface area contributed by atoms with Crippen molar-refractivity contribution in [3.05, 3.63) is 84.1 Å². The number of benzene rings is 2. The van der Waals surface area contributed by atoms with E-state index in [0.717, 1.165) is 11.4 Å². The van der Waals surface area contributed by atoms with Gasteiger partial charge in [0, 0.05) is 24.6 Å². The van der Waals surface area contributed by atoms with Crippen LogP contribution in [0.2, 0.25) is 0 Å². The minimum atomic E-state index is -0.384. The average Bonchev–Trinajstić information content (AvgIpc) is 2.74. The van der Waals surface area contributed by atoms with Crippen LogP contribution in [-0.4, -0.2) is 31.0 Å². The van der Waals surface area contributed by atoms with E-state index in [1.54, 1.807) is 48.3 Å². The second kappa shape index (κ2) is 8.14. The van der Waals surface area contributed by atoms with E-state index in [4.69, 9.17) is 0 Å².